The highest BCUT2D eigenvalue weighted by molar-refractivity contribution is 6.15. The van der Waals surface area contributed by atoms with E-state index in [4.69, 9.17) is 0 Å². The highest BCUT2D eigenvalue weighted by atomic mass is 16.1. The van der Waals surface area contributed by atoms with Crippen molar-refractivity contribution in [3.63, 3.8) is 0 Å². The molecule has 0 saturated heterocycles. The summed E-state index contributed by atoms with van der Waals surface area (Å²) in [7, 11) is 0. The molecule has 0 aromatic heterocycles. The van der Waals surface area contributed by atoms with Crippen molar-refractivity contribution in [2.24, 2.45) is 0 Å². The Balaban J connectivity index is 2.14. The van der Waals surface area contributed by atoms with E-state index in [1.165, 1.54) is 48.8 Å². The van der Waals surface area contributed by atoms with E-state index in [1.807, 2.05) is 0 Å². The van der Waals surface area contributed by atoms with Gasteiger partial charge in [0.15, 0.2) is 5.78 Å². The zero-order chi connectivity index (χ0) is 10.7. The van der Waals surface area contributed by atoms with Crippen molar-refractivity contribution in [3.8, 4) is 0 Å². The standard InChI is InChI=1S/C15H14O/c16-14-8-7-13-11-4-1-3-9(11)10-5-2-6-12(10)15(13)14/h7-8H,1-6H2. The van der Waals surface area contributed by atoms with Gasteiger partial charge in [0.2, 0.25) is 0 Å². The van der Waals surface area contributed by atoms with E-state index < -0.39 is 0 Å². The number of hydrogen-bond donors (Lipinski definition) is 0. The van der Waals surface area contributed by atoms with Crippen LogP contribution in [0.3, 0.4) is 0 Å². The Morgan fingerprint density at radius 3 is 2.19 bits per heavy atom. The maximum atomic E-state index is 11.9. The number of rotatable bonds is 0. The fourth-order valence-electron chi connectivity index (χ4n) is 3.75. The lowest BCUT2D eigenvalue weighted by molar-refractivity contribution is 0.104. The Kier molecular flexibility index (Phi) is 1.56. The molecule has 3 aliphatic rings. The van der Waals surface area contributed by atoms with Crippen molar-refractivity contribution in [2.75, 3.05) is 0 Å². The maximum Gasteiger partial charge on any atom is 0.186 e. The van der Waals surface area contributed by atoms with Gasteiger partial charge in [0.05, 0.1) is 0 Å². The van der Waals surface area contributed by atoms with Crippen molar-refractivity contribution < 1.29 is 4.79 Å². The predicted molar refractivity (Wildman–Crippen MR) is 63.9 cm³/mol. The Hall–Kier alpha value is -1.37. The molecule has 4 rings (SSSR count). The predicted octanol–water partition coefficient (Wildman–Crippen LogP) is 2.87. The second-order valence-corrected chi connectivity index (χ2v) is 5.11. The maximum absolute atomic E-state index is 11.9. The lowest BCUT2D eigenvalue weighted by Gasteiger charge is -2.13. The largest absolute Gasteiger partial charge is 0.289 e. The molecule has 0 atom stereocenters. The number of ketones is 1. The molecular weight excluding hydrogens is 196 g/mol. The van der Waals surface area contributed by atoms with Crippen molar-refractivity contribution in [2.45, 2.75) is 38.5 Å². The third-order valence-electron chi connectivity index (χ3n) is 4.34. The van der Waals surface area contributed by atoms with E-state index in [0.717, 1.165) is 12.0 Å². The van der Waals surface area contributed by atoms with Gasteiger partial charge in [-0.15, -0.1) is 0 Å². The van der Waals surface area contributed by atoms with Crippen LogP contribution in [0.5, 0.6) is 0 Å². The molecule has 16 heavy (non-hydrogen) atoms. The van der Waals surface area contributed by atoms with Crippen molar-refractivity contribution in [1.29, 1.82) is 0 Å². The van der Waals surface area contributed by atoms with Crippen LogP contribution in [0.4, 0.5) is 0 Å². The van der Waals surface area contributed by atoms with Gasteiger partial charge in [0.1, 0.15) is 0 Å². The molecule has 3 aliphatic carbocycles. The molecule has 0 radical (unpaired) electrons. The second-order valence-electron chi connectivity index (χ2n) is 5.11. The van der Waals surface area contributed by atoms with E-state index in [-0.39, 0.29) is 5.78 Å². The molecule has 0 aliphatic heterocycles. The van der Waals surface area contributed by atoms with Gasteiger partial charge >= 0.3 is 0 Å². The normalized spacial score (nSPS) is 20.1. The van der Waals surface area contributed by atoms with Crippen LogP contribution in [0.25, 0.3) is 6.08 Å². The van der Waals surface area contributed by atoms with E-state index in [1.54, 1.807) is 17.2 Å². The lowest BCUT2D eigenvalue weighted by atomic mass is 9.90. The molecule has 0 N–H and O–H groups in total. The van der Waals surface area contributed by atoms with Crippen LogP contribution >= 0.6 is 0 Å². The quantitative estimate of drug-likeness (QED) is 0.643. The molecule has 0 fully saturated rings. The summed E-state index contributed by atoms with van der Waals surface area (Å²) >= 11 is 0. The number of carbonyl (C=O) groups excluding carboxylic acids is 1. The first-order chi connectivity index (χ1) is 7.86. The molecule has 1 heteroatoms. The van der Waals surface area contributed by atoms with Gasteiger partial charge in [-0.2, -0.15) is 0 Å². The summed E-state index contributed by atoms with van der Waals surface area (Å²) in [4.78, 5) is 11.9. The molecular formula is C15H14O. The average Bonchev–Trinajstić information content (AvgIpc) is 2.91. The second kappa shape index (κ2) is 2.85. The molecule has 1 nitrogen and oxygen atoms in total. The molecule has 1 aromatic carbocycles. The van der Waals surface area contributed by atoms with E-state index in [9.17, 15) is 4.79 Å². The lowest BCUT2D eigenvalue weighted by Crippen LogP contribution is -2.04. The SMILES string of the molecule is O=C1C=Cc2c3c(c4c(c21)CCC4)CCC3. The van der Waals surface area contributed by atoms with Crippen LogP contribution in [0.15, 0.2) is 6.08 Å². The molecule has 80 valence electrons. The van der Waals surface area contributed by atoms with Gasteiger partial charge in [-0.1, -0.05) is 6.08 Å². The van der Waals surface area contributed by atoms with Crippen LogP contribution in [-0.4, -0.2) is 5.78 Å². The topological polar surface area (TPSA) is 17.1 Å². The number of benzene rings is 1. The Labute approximate surface area is 95.2 Å². The van der Waals surface area contributed by atoms with Gasteiger partial charge in [-0.3, -0.25) is 4.79 Å². The van der Waals surface area contributed by atoms with Crippen molar-refractivity contribution >= 4 is 11.9 Å². The van der Waals surface area contributed by atoms with Crippen LogP contribution in [0.2, 0.25) is 0 Å². The number of fused-ring (bicyclic) bond motifs is 6. The molecule has 1 aromatic rings. The minimum atomic E-state index is 0.253. The van der Waals surface area contributed by atoms with E-state index in [2.05, 4.69) is 6.08 Å². The van der Waals surface area contributed by atoms with E-state index in [0.29, 0.717) is 0 Å². The summed E-state index contributed by atoms with van der Waals surface area (Å²) in [6, 6.07) is 0. The van der Waals surface area contributed by atoms with Crippen LogP contribution in [0.1, 0.15) is 51.0 Å². The van der Waals surface area contributed by atoms with Crippen molar-refractivity contribution in [1.82, 2.24) is 0 Å². The molecule has 0 unspecified atom stereocenters. The fraction of sp³-hybridized carbons (Fsp3) is 0.400. The first-order valence-electron chi connectivity index (χ1n) is 6.28. The molecule has 0 amide bonds. The molecule has 0 heterocycles. The number of carbonyl (C=O) groups is 1. The smallest absolute Gasteiger partial charge is 0.186 e. The zero-order valence-corrected chi connectivity index (χ0v) is 9.31. The first-order valence-corrected chi connectivity index (χ1v) is 6.28. The number of hydrogen-bond acceptors (Lipinski definition) is 1. The molecule has 0 saturated carbocycles. The van der Waals surface area contributed by atoms with Crippen LogP contribution < -0.4 is 0 Å². The molecule has 0 bridgehead atoms. The summed E-state index contributed by atoms with van der Waals surface area (Å²) < 4.78 is 0. The summed E-state index contributed by atoms with van der Waals surface area (Å²) in [6.07, 6.45) is 11.1. The summed E-state index contributed by atoms with van der Waals surface area (Å²) in [6.45, 7) is 0. The van der Waals surface area contributed by atoms with Gasteiger partial charge in [0.25, 0.3) is 0 Å². The molecule has 0 spiro atoms. The van der Waals surface area contributed by atoms with Crippen molar-refractivity contribution in [3.05, 3.63) is 39.5 Å². The van der Waals surface area contributed by atoms with Gasteiger partial charge in [0, 0.05) is 5.56 Å². The van der Waals surface area contributed by atoms with Gasteiger partial charge < -0.3 is 0 Å². The number of allylic oxidation sites excluding steroid dienone is 1. The summed E-state index contributed by atoms with van der Waals surface area (Å²) in [5, 5.41) is 0. The third kappa shape index (κ3) is 0.897. The Morgan fingerprint density at radius 2 is 1.38 bits per heavy atom. The highest BCUT2D eigenvalue weighted by Crippen LogP contribution is 2.41. The Bertz CT molecular complexity index is 549. The summed E-state index contributed by atoms with van der Waals surface area (Å²) in [5.41, 5.74) is 8.38. The van der Waals surface area contributed by atoms with E-state index >= 15 is 0 Å². The van der Waals surface area contributed by atoms with Crippen LogP contribution in [-0.2, 0) is 25.7 Å². The third-order valence-corrected chi connectivity index (χ3v) is 4.34. The Morgan fingerprint density at radius 1 is 0.750 bits per heavy atom. The average molecular weight is 210 g/mol. The first kappa shape index (κ1) is 8.74. The monoisotopic (exact) mass is 210 g/mol. The highest BCUT2D eigenvalue weighted by Gasteiger charge is 2.31. The zero-order valence-electron chi connectivity index (χ0n) is 9.31. The minimum Gasteiger partial charge on any atom is -0.289 e. The summed E-state index contributed by atoms with van der Waals surface area (Å²) in [5.74, 6) is 0.253. The van der Waals surface area contributed by atoms with Crippen LogP contribution in [0, 0.1) is 0 Å². The van der Waals surface area contributed by atoms with Gasteiger partial charge in [-0.05, 0) is 72.4 Å². The minimum absolute atomic E-state index is 0.253. The fourth-order valence-corrected chi connectivity index (χ4v) is 3.75. The van der Waals surface area contributed by atoms with Gasteiger partial charge in [-0.25, -0.2) is 0 Å².